The molecule has 1 N–H and O–H groups in total. The summed E-state index contributed by atoms with van der Waals surface area (Å²) < 4.78 is 0. The number of carboxylic acid groups (broad SMARTS) is 1. The summed E-state index contributed by atoms with van der Waals surface area (Å²) >= 11 is 1.11. The summed E-state index contributed by atoms with van der Waals surface area (Å²) in [6.07, 6.45) is 0. The lowest BCUT2D eigenvalue weighted by Gasteiger charge is -2.12. The fraction of sp³-hybridized carbons (Fsp3) is 0.417. The van der Waals surface area contributed by atoms with Gasteiger partial charge in [0, 0.05) is 5.69 Å². The SMILES string of the molecule is Cc1nc(SC(C)C(=O)O)c(C#N)c(C)c1C. The van der Waals surface area contributed by atoms with Crippen LogP contribution in [0.5, 0.6) is 0 Å². The number of rotatable bonds is 3. The van der Waals surface area contributed by atoms with Gasteiger partial charge in [-0.15, -0.1) is 0 Å². The van der Waals surface area contributed by atoms with Crippen LogP contribution in [-0.4, -0.2) is 21.3 Å². The van der Waals surface area contributed by atoms with E-state index in [-0.39, 0.29) is 0 Å². The molecule has 1 unspecified atom stereocenters. The molecular formula is C12H14N2O2S. The molecule has 4 nitrogen and oxygen atoms in total. The van der Waals surface area contributed by atoms with Gasteiger partial charge in [-0.1, -0.05) is 11.8 Å². The molecular weight excluding hydrogens is 236 g/mol. The van der Waals surface area contributed by atoms with E-state index >= 15 is 0 Å². The lowest BCUT2D eigenvalue weighted by molar-refractivity contribution is -0.136. The van der Waals surface area contributed by atoms with Crippen LogP contribution in [0, 0.1) is 32.1 Å². The predicted octanol–water partition coefficient (Wildman–Crippen LogP) is 2.44. The number of thioether (sulfide) groups is 1. The third-order valence-electron chi connectivity index (χ3n) is 2.71. The number of carboxylic acids is 1. The molecule has 17 heavy (non-hydrogen) atoms. The summed E-state index contributed by atoms with van der Waals surface area (Å²) in [6, 6.07) is 2.10. The van der Waals surface area contributed by atoms with Gasteiger partial charge in [0.1, 0.15) is 16.3 Å². The Kier molecular flexibility index (Phi) is 4.13. The minimum absolute atomic E-state index is 0.478. The van der Waals surface area contributed by atoms with Crippen molar-refractivity contribution in [2.24, 2.45) is 0 Å². The highest BCUT2D eigenvalue weighted by molar-refractivity contribution is 8.00. The third kappa shape index (κ3) is 2.77. The Morgan fingerprint density at radius 3 is 2.47 bits per heavy atom. The van der Waals surface area contributed by atoms with Crippen LogP contribution in [0.4, 0.5) is 0 Å². The van der Waals surface area contributed by atoms with E-state index in [9.17, 15) is 4.79 Å². The van der Waals surface area contributed by atoms with Crippen molar-refractivity contribution in [2.75, 3.05) is 0 Å². The zero-order valence-corrected chi connectivity index (χ0v) is 11.1. The number of hydrogen-bond acceptors (Lipinski definition) is 4. The van der Waals surface area contributed by atoms with Gasteiger partial charge < -0.3 is 5.11 Å². The highest BCUT2D eigenvalue weighted by atomic mass is 32.2. The standard InChI is InChI=1S/C12H14N2O2S/c1-6-7(2)10(5-13)11(14-8(6)3)17-9(4)12(15)16/h9H,1-4H3,(H,15,16). The molecule has 0 radical (unpaired) electrons. The average molecular weight is 250 g/mol. The van der Waals surface area contributed by atoms with Gasteiger partial charge in [-0.3, -0.25) is 4.79 Å². The minimum Gasteiger partial charge on any atom is -0.480 e. The molecule has 1 heterocycles. The molecule has 0 aliphatic rings. The third-order valence-corrected chi connectivity index (χ3v) is 3.79. The summed E-state index contributed by atoms with van der Waals surface area (Å²) in [7, 11) is 0. The Bertz CT molecular complexity index is 506. The van der Waals surface area contributed by atoms with Crippen molar-refractivity contribution in [1.82, 2.24) is 4.98 Å². The Morgan fingerprint density at radius 2 is 2.00 bits per heavy atom. The van der Waals surface area contributed by atoms with Gasteiger partial charge in [0.25, 0.3) is 0 Å². The number of nitriles is 1. The van der Waals surface area contributed by atoms with Crippen LogP contribution in [-0.2, 0) is 4.79 Å². The topological polar surface area (TPSA) is 74.0 Å². The van der Waals surface area contributed by atoms with E-state index in [1.807, 2.05) is 20.8 Å². The molecule has 0 amide bonds. The highest BCUT2D eigenvalue weighted by Crippen LogP contribution is 2.29. The maximum absolute atomic E-state index is 10.8. The average Bonchev–Trinajstić information content (AvgIpc) is 2.26. The van der Waals surface area contributed by atoms with E-state index in [2.05, 4.69) is 11.1 Å². The van der Waals surface area contributed by atoms with Gasteiger partial charge in [-0.25, -0.2) is 4.98 Å². The Balaban J connectivity index is 3.25. The monoisotopic (exact) mass is 250 g/mol. The first kappa shape index (κ1) is 13.5. The molecule has 0 aliphatic heterocycles. The van der Waals surface area contributed by atoms with Crippen LogP contribution >= 0.6 is 11.8 Å². The van der Waals surface area contributed by atoms with Gasteiger partial charge >= 0.3 is 5.97 Å². The number of pyridine rings is 1. The van der Waals surface area contributed by atoms with Crippen molar-refractivity contribution in [3.8, 4) is 6.07 Å². The second-order valence-electron chi connectivity index (χ2n) is 3.84. The molecule has 1 aromatic heterocycles. The van der Waals surface area contributed by atoms with E-state index in [0.29, 0.717) is 10.6 Å². The molecule has 1 rings (SSSR count). The lowest BCUT2D eigenvalue weighted by atomic mass is 10.1. The van der Waals surface area contributed by atoms with Gasteiger partial charge in [-0.05, 0) is 38.8 Å². The Hall–Kier alpha value is -1.54. The van der Waals surface area contributed by atoms with Crippen molar-refractivity contribution < 1.29 is 9.90 Å². The summed E-state index contributed by atoms with van der Waals surface area (Å²) in [6.45, 7) is 7.21. The molecule has 0 fully saturated rings. The Morgan fingerprint density at radius 1 is 1.41 bits per heavy atom. The second-order valence-corrected chi connectivity index (χ2v) is 5.17. The first-order valence-corrected chi connectivity index (χ1v) is 6.03. The smallest absolute Gasteiger partial charge is 0.316 e. The Labute approximate surface area is 105 Å². The number of aryl methyl sites for hydroxylation is 1. The summed E-state index contributed by atoms with van der Waals surface area (Å²) in [5.74, 6) is -0.906. The van der Waals surface area contributed by atoms with Crippen molar-refractivity contribution in [3.05, 3.63) is 22.4 Å². The quantitative estimate of drug-likeness (QED) is 0.834. The van der Waals surface area contributed by atoms with E-state index < -0.39 is 11.2 Å². The number of aliphatic carboxylic acids is 1. The molecule has 1 aromatic rings. The number of nitrogens with zero attached hydrogens (tertiary/aromatic N) is 2. The van der Waals surface area contributed by atoms with Crippen molar-refractivity contribution in [3.63, 3.8) is 0 Å². The fourth-order valence-corrected chi connectivity index (χ4v) is 2.29. The van der Waals surface area contributed by atoms with E-state index in [1.165, 1.54) is 0 Å². The molecule has 0 aliphatic carbocycles. The van der Waals surface area contributed by atoms with E-state index in [1.54, 1.807) is 6.92 Å². The lowest BCUT2D eigenvalue weighted by Crippen LogP contribution is -2.12. The van der Waals surface area contributed by atoms with Crippen LogP contribution in [0.2, 0.25) is 0 Å². The van der Waals surface area contributed by atoms with Gasteiger partial charge in [0.05, 0.1) is 5.56 Å². The van der Waals surface area contributed by atoms with E-state index in [4.69, 9.17) is 10.4 Å². The largest absolute Gasteiger partial charge is 0.480 e. The van der Waals surface area contributed by atoms with Crippen molar-refractivity contribution in [2.45, 2.75) is 38.0 Å². The first-order valence-electron chi connectivity index (χ1n) is 5.15. The molecule has 0 spiro atoms. The highest BCUT2D eigenvalue weighted by Gasteiger charge is 2.18. The van der Waals surface area contributed by atoms with Crippen LogP contribution in [0.25, 0.3) is 0 Å². The van der Waals surface area contributed by atoms with Crippen LogP contribution in [0.15, 0.2) is 5.03 Å². The van der Waals surface area contributed by atoms with Gasteiger partial charge in [0.2, 0.25) is 0 Å². The molecule has 0 saturated carbocycles. The van der Waals surface area contributed by atoms with Crippen molar-refractivity contribution in [1.29, 1.82) is 5.26 Å². The zero-order valence-electron chi connectivity index (χ0n) is 10.2. The maximum atomic E-state index is 10.8. The van der Waals surface area contributed by atoms with E-state index in [0.717, 1.165) is 28.6 Å². The summed E-state index contributed by atoms with van der Waals surface area (Å²) in [5, 5.41) is 17.9. The first-order chi connectivity index (χ1) is 7.88. The van der Waals surface area contributed by atoms with Crippen LogP contribution in [0.3, 0.4) is 0 Å². The normalized spacial score (nSPS) is 11.9. The molecule has 5 heteroatoms. The molecule has 1 atom stereocenters. The zero-order chi connectivity index (χ0) is 13.2. The predicted molar refractivity (Wildman–Crippen MR) is 66.1 cm³/mol. The molecule has 0 saturated heterocycles. The van der Waals surface area contributed by atoms with Gasteiger partial charge in [0.15, 0.2) is 0 Å². The second kappa shape index (κ2) is 5.19. The number of carbonyl (C=O) groups is 1. The minimum atomic E-state index is -0.906. The van der Waals surface area contributed by atoms with Crippen LogP contribution < -0.4 is 0 Å². The van der Waals surface area contributed by atoms with Crippen molar-refractivity contribution >= 4 is 17.7 Å². The maximum Gasteiger partial charge on any atom is 0.316 e. The number of aromatic nitrogens is 1. The molecule has 90 valence electrons. The molecule has 0 aromatic carbocycles. The van der Waals surface area contributed by atoms with Gasteiger partial charge in [-0.2, -0.15) is 5.26 Å². The van der Waals surface area contributed by atoms with Crippen LogP contribution in [0.1, 0.15) is 29.3 Å². The molecule has 0 bridgehead atoms. The fourth-order valence-electron chi connectivity index (χ4n) is 1.35. The summed E-state index contributed by atoms with van der Waals surface area (Å²) in [4.78, 5) is 15.1. The summed E-state index contributed by atoms with van der Waals surface area (Å²) in [5.41, 5.74) is 3.17. The number of hydrogen-bond donors (Lipinski definition) is 1.